The van der Waals surface area contributed by atoms with Crippen LogP contribution in [0.15, 0.2) is 12.1 Å². The van der Waals surface area contributed by atoms with Crippen molar-refractivity contribution < 1.29 is 14.3 Å². The van der Waals surface area contributed by atoms with Crippen LogP contribution in [0, 0.1) is 26.7 Å². The molecule has 1 saturated heterocycles. The van der Waals surface area contributed by atoms with Gasteiger partial charge in [0.1, 0.15) is 5.75 Å². The zero-order valence-electron chi connectivity index (χ0n) is 19.0. The highest BCUT2D eigenvalue weighted by atomic mass is 16.5. The van der Waals surface area contributed by atoms with Crippen LogP contribution in [0.1, 0.15) is 74.5 Å². The van der Waals surface area contributed by atoms with Gasteiger partial charge >= 0.3 is 0 Å². The standard InChI is InChI=1S/C25H38N2O3/c1-18-9-10-19(2)25(20(18)3)30-17-23(28)26-22-13-15-27(16-14-22)24(29)12-11-21-7-5-4-6-8-21/h9-10,21-22H,4-8,11-17H2,1-3H3,(H,26,28). The van der Waals surface area contributed by atoms with Crippen LogP contribution in [0.4, 0.5) is 0 Å². The van der Waals surface area contributed by atoms with E-state index in [2.05, 4.69) is 11.4 Å². The highest BCUT2D eigenvalue weighted by Crippen LogP contribution is 2.28. The Morgan fingerprint density at radius 1 is 1.00 bits per heavy atom. The van der Waals surface area contributed by atoms with Crippen molar-refractivity contribution in [3.63, 3.8) is 0 Å². The van der Waals surface area contributed by atoms with E-state index in [1.54, 1.807) is 0 Å². The third kappa shape index (κ3) is 6.23. The highest BCUT2D eigenvalue weighted by Gasteiger charge is 2.25. The number of ether oxygens (including phenoxy) is 1. The van der Waals surface area contributed by atoms with E-state index in [-0.39, 0.29) is 18.6 Å². The molecule has 30 heavy (non-hydrogen) atoms. The van der Waals surface area contributed by atoms with E-state index in [1.807, 2.05) is 31.7 Å². The van der Waals surface area contributed by atoms with Crippen LogP contribution < -0.4 is 10.1 Å². The summed E-state index contributed by atoms with van der Waals surface area (Å²) >= 11 is 0. The van der Waals surface area contributed by atoms with Gasteiger partial charge in [0, 0.05) is 25.6 Å². The van der Waals surface area contributed by atoms with Gasteiger partial charge in [-0.1, -0.05) is 44.2 Å². The van der Waals surface area contributed by atoms with Gasteiger partial charge in [-0.2, -0.15) is 0 Å². The average Bonchev–Trinajstić information content (AvgIpc) is 2.76. The first kappa shape index (κ1) is 22.6. The van der Waals surface area contributed by atoms with E-state index in [9.17, 15) is 9.59 Å². The lowest BCUT2D eigenvalue weighted by Crippen LogP contribution is -2.47. The molecule has 1 aromatic rings. The first-order chi connectivity index (χ1) is 14.4. The van der Waals surface area contributed by atoms with Crippen molar-refractivity contribution in [1.82, 2.24) is 10.2 Å². The van der Waals surface area contributed by atoms with Crippen molar-refractivity contribution in [2.75, 3.05) is 19.7 Å². The minimum atomic E-state index is -0.0858. The fourth-order valence-electron chi connectivity index (χ4n) is 4.79. The Hall–Kier alpha value is -2.04. The van der Waals surface area contributed by atoms with Crippen LogP contribution in [0.25, 0.3) is 0 Å². The lowest BCUT2D eigenvalue weighted by molar-refractivity contribution is -0.132. The summed E-state index contributed by atoms with van der Waals surface area (Å²) in [6.45, 7) is 7.59. The molecule has 166 valence electrons. The molecule has 0 bridgehead atoms. The summed E-state index contributed by atoms with van der Waals surface area (Å²) in [5, 5.41) is 3.08. The smallest absolute Gasteiger partial charge is 0.258 e. The molecule has 1 heterocycles. The van der Waals surface area contributed by atoms with Crippen molar-refractivity contribution in [1.29, 1.82) is 0 Å². The third-order valence-electron chi connectivity index (χ3n) is 6.93. The number of nitrogens with zero attached hydrogens (tertiary/aromatic N) is 1. The molecular formula is C25H38N2O3. The van der Waals surface area contributed by atoms with Crippen LogP contribution in [0.2, 0.25) is 0 Å². The van der Waals surface area contributed by atoms with E-state index >= 15 is 0 Å². The Bertz CT molecular complexity index is 732. The molecule has 0 spiro atoms. The minimum Gasteiger partial charge on any atom is -0.483 e. The summed E-state index contributed by atoms with van der Waals surface area (Å²) in [7, 11) is 0. The molecule has 1 aliphatic carbocycles. The third-order valence-corrected chi connectivity index (χ3v) is 6.93. The monoisotopic (exact) mass is 414 g/mol. The van der Waals surface area contributed by atoms with E-state index < -0.39 is 0 Å². The SMILES string of the molecule is Cc1ccc(C)c(OCC(=O)NC2CCN(C(=O)CCC3CCCCC3)CC2)c1C. The zero-order valence-corrected chi connectivity index (χ0v) is 19.0. The van der Waals surface area contributed by atoms with Crippen LogP contribution in [-0.2, 0) is 9.59 Å². The highest BCUT2D eigenvalue weighted by molar-refractivity contribution is 5.78. The maximum absolute atomic E-state index is 12.5. The van der Waals surface area contributed by atoms with Gasteiger partial charge in [0.25, 0.3) is 5.91 Å². The second-order valence-electron chi connectivity index (χ2n) is 9.21. The van der Waals surface area contributed by atoms with Crippen molar-refractivity contribution in [3.8, 4) is 5.75 Å². The molecule has 5 heteroatoms. The quantitative estimate of drug-likeness (QED) is 0.717. The Morgan fingerprint density at radius 2 is 1.67 bits per heavy atom. The molecule has 1 saturated carbocycles. The minimum absolute atomic E-state index is 0.0334. The average molecular weight is 415 g/mol. The van der Waals surface area contributed by atoms with Crippen molar-refractivity contribution >= 4 is 11.8 Å². The number of nitrogens with one attached hydrogen (secondary N) is 1. The molecule has 0 aromatic heterocycles. The van der Waals surface area contributed by atoms with Crippen molar-refractivity contribution in [2.45, 2.75) is 84.6 Å². The fourth-order valence-corrected chi connectivity index (χ4v) is 4.79. The zero-order chi connectivity index (χ0) is 21.5. The van der Waals surface area contributed by atoms with Crippen LogP contribution >= 0.6 is 0 Å². The molecule has 2 aliphatic rings. The van der Waals surface area contributed by atoms with Gasteiger partial charge in [-0.05, 0) is 62.6 Å². The second kappa shape index (κ2) is 10.8. The molecule has 2 amide bonds. The summed E-state index contributed by atoms with van der Waals surface area (Å²) in [5.41, 5.74) is 3.30. The van der Waals surface area contributed by atoms with Gasteiger partial charge in [0.2, 0.25) is 5.91 Å². The lowest BCUT2D eigenvalue weighted by Gasteiger charge is -2.33. The number of likely N-dealkylation sites (tertiary alicyclic amines) is 1. The van der Waals surface area contributed by atoms with Gasteiger partial charge < -0.3 is 15.0 Å². The lowest BCUT2D eigenvalue weighted by atomic mass is 9.86. The summed E-state index contributed by atoms with van der Waals surface area (Å²) in [5.74, 6) is 1.76. The molecule has 1 N–H and O–H groups in total. The fraction of sp³-hybridized carbons (Fsp3) is 0.680. The van der Waals surface area contributed by atoms with Crippen molar-refractivity contribution in [3.05, 3.63) is 28.8 Å². The molecule has 0 atom stereocenters. The molecule has 0 radical (unpaired) electrons. The number of hydrogen-bond acceptors (Lipinski definition) is 3. The number of amides is 2. The number of benzene rings is 1. The summed E-state index contributed by atoms with van der Waals surface area (Å²) in [4.78, 5) is 26.9. The van der Waals surface area contributed by atoms with Crippen molar-refractivity contribution in [2.24, 2.45) is 5.92 Å². The maximum Gasteiger partial charge on any atom is 0.258 e. The number of carbonyl (C=O) groups excluding carboxylic acids is 2. The number of aryl methyl sites for hydroxylation is 2. The van der Waals surface area contributed by atoms with Crippen LogP contribution in [-0.4, -0.2) is 42.5 Å². The van der Waals surface area contributed by atoms with Gasteiger partial charge in [0.15, 0.2) is 6.61 Å². The second-order valence-corrected chi connectivity index (χ2v) is 9.21. The first-order valence-electron chi connectivity index (χ1n) is 11.7. The Balaban J connectivity index is 1.36. The summed E-state index contributed by atoms with van der Waals surface area (Å²) in [6.07, 6.45) is 9.99. The topological polar surface area (TPSA) is 58.6 Å². The van der Waals surface area contributed by atoms with E-state index in [4.69, 9.17) is 4.74 Å². The molecular weight excluding hydrogens is 376 g/mol. The Morgan fingerprint density at radius 3 is 2.37 bits per heavy atom. The van der Waals surface area contributed by atoms with Gasteiger partial charge in [-0.3, -0.25) is 9.59 Å². The van der Waals surface area contributed by atoms with Crippen LogP contribution in [0.3, 0.4) is 0 Å². The van der Waals surface area contributed by atoms with Crippen LogP contribution in [0.5, 0.6) is 5.75 Å². The molecule has 1 aliphatic heterocycles. The molecule has 2 fully saturated rings. The number of piperidine rings is 1. The van der Waals surface area contributed by atoms with Gasteiger partial charge in [-0.25, -0.2) is 0 Å². The maximum atomic E-state index is 12.5. The Kier molecular flexibility index (Phi) is 8.17. The molecule has 3 rings (SSSR count). The number of rotatable bonds is 7. The normalized spacial score (nSPS) is 18.3. The number of carbonyl (C=O) groups is 2. The molecule has 5 nitrogen and oxygen atoms in total. The van der Waals surface area contributed by atoms with E-state index in [0.717, 1.165) is 60.7 Å². The molecule has 1 aromatic carbocycles. The summed E-state index contributed by atoms with van der Waals surface area (Å²) in [6, 6.07) is 4.22. The first-order valence-corrected chi connectivity index (χ1v) is 11.7. The van der Waals surface area contributed by atoms with Gasteiger partial charge in [0.05, 0.1) is 0 Å². The predicted octanol–water partition coefficient (Wildman–Crippen LogP) is 4.46. The Labute approximate surface area is 181 Å². The predicted molar refractivity (Wildman–Crippen MR) is 120 cm³/mol. The van der Waals surface area contributed by atoms with E-state index in [0.29, 0.717) is 12.3 Å². The largest absolute Gasteiger partial charge is 0.483 e. The van der Waals surface area contributed by atoms with E-state index in [1.165, 1.54) is 32.1 Å². The summed E-state index contributed by atoms with van der Waals surface area (Å²) < 4.78 is 5.82. The number of hydrogen-bond donors (Lipinski definition) is 1. The molecule has 0 unspecified atom stereocenters. The van der Waals surface area contributed by atoms with Gasteiger partial charge in [-0.15, -0.1) is 0 Å².